The van der Waals surface area contributed by atoms with Gasteiger partial charge in [0.1, 0.15) is 6.10 Å². The minimum atomic E-state index is -0.991. The van der Waals surface area contributed by atoms with Crippen molar-refractivity contribution >= 4 is 5.97 Å². The SMILES string of the molecule is C=CCO[C@@H]1C=C(C(=O)OC)C[C@@H](N=[N+]=[N-])[C@@H]1O. The fourth-order valence-electron chi connectivity index (χ4n) is 1.71. The molecule has 1 N–H and O–H groups in total. The van der Waals surface area contributed by atoms with E-state index in [-0.39, 0.29) is 13.0 Å². The van der Waals surface area contributed by atoms with Crippen molar-refractivity contribution in [1.29, 1.82) is 0 Å². The number of esters is 1. The van der Waals surface area contributed by atoms with Crippen molar-refractivity contribution in [2.75, 3.05) is 13.7 Å². The highest BCUT2D eigenvalue weighted by atomic mass is 16.5. The largest absolute Gasteiger partial charge is 0.466 e. The summed E-state index contributed by atoms with van der Waals surface area (Å²) >= 11 is 0. The maximum Gasteiger partial charge on any atom is 0.333 e. The minimum absolute atomic E-state index is 0.131. The summed E-state index contributed by atoms with van der Waals surface area (Å²) in [7, 11) is 1.26. The van der Waals surface area contributed by atoms with Crippen LogP contribution < -0.4 is 0 Å². The number of nitrogens with zero attached hydrogens (tertiary/aromatic N) is 3. The first-order chi connectivity index (χ1) is 8.63. The lowest BCUT2D eigenvalue weighted by atomic mass is 9.90. The van der Waals surface area contributed by atoms with Gasteiger partial charge in [-0.2, -0.15) is 0 Å². The lowest BCUT2D eigenvalue weighted by Gasteiger charge is -2.30. The Kier molecular flexibility index (Phi) is 5.38. The van der Waals surface area contributed by atoms with Crippen LogP contribution in [-0.4, -0.2) is 43.0 Å². The Morgan fingerprint density at radius 3 is 3.11 bits per heavy atom. The average Bonchev–Trinajstić information content (AvgIpc) is 2.39. The maximum absolute atomic E-state index is 11.5. The number of carbonyl (C=O) groups is 1. The molecule has 1 rings (SSSR count). The van der Waals surface area contributed by atoms with E-state index in [1.807, 2.05) is 0 Å². The summed E-state index contributed by atoms with van der Waals surface area (Å²) in [6.45, 7) is 3.71. The third-order valence-electron chi connectivity index (χ3n) is 2.58. The fraction of sp³-hybridized carbons (Fsp3) is 0.545. The van der Waals surface area contributed by atoms with E-state index in [1.165, 1.54) is 19.3 Å². The number of aliphatic hydroxyl groups excluding tert-OH is 1. The standard InChI is InChI=1S/C11H15N3O4/c1-3-4-18-9-6-7(11(16)17-2)5-8(10(9)15)13-14-12/h3,6,8-10,15H,1,4-5H2,2H3/t8-,9-,10+/m1/s1. The van der Waals surface area contributed by atoms with Gasteiger partial charge in [0, 0.05) is 10.5 Å². The maximum atomic E-state index is 11.5. The monoisotopic (exact) mass is 253 g/mol. The first-order valence-electron chi connectivity index (χ1n) is 5.37. The van der Waals surface area contributed by atoms with Crippen LogP contribution in [-0.2, 0) is 14.3 Å². The third-order valence-corrected chi connectivity index (χ3v) is 2.58. The molecule has 7 nitrogen and oxygen atoms in total. The molecule has 1 aliphatic rings. The molecule has 0 amide bonds. The topological polar surface area (TPSA) is 105 Å². The van der Waals surface area contributed by atoms with Gasteiger partial charge < -0.3 is 14.6 Å². The summed E-state index contributed by atoms with van der Waals surface area (Å²) < 4.78 is 9.92. The number of hydrogen-bond acceptors (Lipinski definition) is 5. The summed E-state index contributed by atoms with van der Waals surface area (Å²) in [4.78, 5) is 14.1. The Bertz CT molecular complexity index is 401. The molecule has 0 saturated carbocycles. The number of hydrogen-bond donors (Lipinski definition) is 1. The molecule has 0 spiro atoms. The van der Waals surface area contributed by atoms with E-state index < -0.39 is 24.2 Å². The van der Waals surface area contributed by atoms with Crippen molar-refractivity contribution in [2.24, 2.45) is 5.11 Å². The van der Waals surface area contributed by atoms with Crippen LogP contribution in [0.3, 0.4) is 0 Å². The zero-order chi connectivity index (χ0) is 13.5. The molecular formula is C11H15N3O4. The number of ether oxygens (including phenoxy) is 2. The molecule has 7 heteroatoms. The zero-order valence-electron chi connectivity index (χ0n) is 10.0. The molecule has 18 heavy (non-hydrogen) atoms. The molecule has 3 atom stereocenters. The molecule has 0 aromatic heterocycles. The number of carbonyl (C=O) groups excluding carboxylic acids is 1. The summed E-state index contributed by atoms with van der Waals surface area (Å²) in [5.74, 6) is -0.521. The molecule has 0 aliphatic heterocycles. The minimum Gasteiger partial charge on any atom is -0.466 e. The van der Waals surface area contributed by atoms with Gasteiger partial charge in [0.25, 0.3) is 0 Å². The molecule has 0 bridgehead atoms. The Morgan fingerprint density at radius 1 is 1.83 bits per heavy atom. The average molecular weight is 253 g/mol. The van der Waals surface area contributed by atoms with E-state index >= 15 is 0 Å². The molecule has 0 saturated heterocycles. The van der Waals surface area contributed by atoms with Crippen molar-refractivity contribution in [3.05, 3.63) is 34.7 Å². The smallest absolute Gasteiger partial charge is 0.333 e. The second-order valence-corrected chi connectivity index (χ2v) is 3.74. The third kappa shape index (κ3) is 3.33. The van der Waals surface area contributed by atoms with E-state index in [0.29, 0.717) is 5.57 Å². The van der Waals surface area contributed by atoms with Crippen LogP contribution in [0.1, 0.15) is 6.42 Å². The molecule has 1 aliphatic carbocycles. The highest BCUT2D eigenvalue weighted by Gasteiger charge is 2.34. The Labute approximate surface area is 104 Å². The van der Waals surface area contributed by atoms with E-state index in [0.717, 1.165) is 0 Å². The molecule has 0 unspecified atom stereocenters. The van der Waals surface area contributed by atoms with Crippen molar-refractivity contribution < 1.29 is 19.4 Å². The van der Waals surface area contributed by atoms with E-state index in [4.69, 9.17) is 10.3 Å². The normalized spacial score (nSPS) is 26.8. The van der Waals surface area contributed by atoms with E-state index in [9.17, 15) is 9.90 Å². The van der Waals surface area contributed by atoms with Crippen molar-refractivity contribution in [3.63, 3.8) is 0 Å². The second kappa shape index (κ2) is 6.80. The van der Waals surface area contributed by atoms with Gasteiger partial charge in [-0.15, -0.1) is 6.58 Å². The van der Waals surface area contributed by atoms with Crippen LogP contribution in [0.25, 0.3) is 10.4 Å². The number of rotatable bonds is 5. The number of aliphatic hydroxyl groups is 1. The van der Waals surface area contributed by atoms with Crippen LogP contribution in [0, 0.1) is 0 Å². The van der Waals surface area contributed by atoms with Gasteiger partial charge in [0.15, 0.2) is 0 Å². The quantitative estimate of drug-likeness (QED) is 0.260. The van der Waals surface area contributed by atoms with Crippen molar-refractivity contribution in [3.8, 4) is 0 Å². The summed E-state index contributed by atoms with van der Waals surface area (Å²) in [5.41, 5.74) is 8.76. The molecule has 0 fully saturated rings. The zero-order valence-corrected chi connectivity index (χ0v) is 10.0. The summed E-state index contributed by atoms with van der Waals surface area (Å²) in [6, 6.07) is -0.746. The number of azide groups is 1. The van der Waals surface area contributed by atoms with Gasteiger partial charge in [0.05, 0.1) is 25.9 Å². The molecule has 0 heterocycles. The molecule has 0 aromatic rings. The molecule has 0 aromatic carbocycles. The molecule has 98 valence electrons. The van der Waals surface area contributed by atoms with Crippen LogP contribution >= 0.6 is 0 Å². The van der Waals surface area contributed by atoms with E-state index in [2.05, 4.69) is 21.3 Å². The van der Waals surface area contributed by atoms with Crippen LogP contribution in [0.5, 0.6) is 0 Å². The first-order valence-corrected chi connectivity index (χ1v) is 5.37. The van der Waals surface area contributed by atoms with Gasteiger partial charge >= 0.3 is 5.97 Å². The van der Waals surface area contributed by atoms with Gasteiger partial charge in [-0.05, 0) is 18.0 Å². The Morgan fingerprint density at radius 2 is 2.56 bits per heavy atom. The predicted octanol–water partition coefficient (Wildman–Crippen LogP) is 1.10. The second-order valence-electron chi connectivity index (χ2n) is 3.74. The Hall–Kier alpha value is -1.82. The van der Waals surface area contributed by atoms with Crippen molar-refractivity contribution in [1.82, 2.24) is 0 Å². The summed E-state index contributed by atoms with van der Waals surface area (Å²) in [5, 5.41) is 13.4. The highest BCUT2D eigenvalue weighted by Crippen LogP contribution is 2.25. The first kappa shape index (κ1) is 14.2. The van der Waals surface area contributed by atoms with Crippen molar-refractivity contribution in [2.45, 2.75) is 24.7 Å². The Balaban J connectivity index is 2.94. The highest BCUT2D eigenvalue weighted by molar-refractivity contribution is 5.88. The van der Waals surface area contributed by atoms with Crippen LogP contribution in [0.2, 0.25) is 0 Å². The number of methoxy groups -OCH3 is 1. The molecular weight excluding hydrogens is 238 g/mol. The molecule has 0 radical (unpaired) electrons. The van der Waals surface area contributed by atoms with Gasteiger partial charge in [-0.1, -0.05) is 11.2 Å². The van der Waals surface area contributed by atoms with Crippen LogP contribution in [0.15, 0.2) is 29.4 Å². The fourth-order valence-corrected chi connectivity index (χ4v) is 1.71. The van der Waals surface area contributed by atoms with Gasteiger partial charge in [-0.3, -0.25) is 0 Å². The lowest BCUT2D eigenvalue weighted by molar-refractivity contribution is -0.136. The predicted molar refractivity (Wildman–Crippen MR) is 63.6 cm³/mol. The van der Waals surface area contributed by atoms with Crippen LogP contribution in [0.4, 0.5) is 0 Å². The summed E-state index contributed by atoms with van der Waals surface area (Å²) in [6.07, 6.45) is 1.43. The van der Waals surface area contributed by atoms with E-state index in [1.54, 1.807) is 0 Å². The van der Waals surface area contributed by atoms with Gasteiger partial charge in [0.2, 0.25) is 0 Å². The lowest BCUT2D eigenvalue weighted by Crippen LogP contribution is -2.41. The van der Waals surface area contributed by atoms with Gasteiger partial charge in [-0.25, -0.2) is 4.79 Å².